The number of anilines is 1. The molecule has 0 aromatic heterocycles. The maximum atomic E-state index is 13.0. The van der Waals surface area contributed by atoms with Crippen molar-refractivity contribution in [3.05, 3.63) is 64.6 Å². The SMILES string of the molecule is CCOc1ccc(C=C2SC(=S)N(CC(=O)N3CCCc4ccccc43)C2=O)cc1. The quantitative estimate of drug-likeness (QED) is 0.516. The van der Waals surface area contributed by atoms with Crippen LogP contribution in [0.2, 0.25) is 0 Å². The monoisotopic (exact) mass is 438 g/mol. The Kier molecular flexibility index (Phi) is 6.20. The summed E-state index contributed by atoms with van der Waals surface area (Å²) in [6.45, 7) is 3.16. The van der Waals surface area contributed by atoms with Crippen LogP contribution >= 0.6 is 24.0 Å². The van der Waals surface area contributed by atoms with Crippen molar-refractivity contribution in [1.82, 2.24) is 4.90 Å². The number of ether oxygens (including phenoxy) is 1. The van der Waals surface area contributed by atoms with Crippen LogP contribution in [0.4, 0.5) is 5.69 Å². The highest BCUT2D eigenvalue weighted by molar-refractivity contribution is 8.26. The summed E-state index contributed by atoms with van der Waals surface area (Å²) in [6, 6.07) is 15.5. The fraction of sp³-hybridized carbons (Fsp3) is 0.261. The van der Waals surface area contributed by atoms with E-state index in [1.54, 1.807) is 11.0 Å². The van der Waals surface area contributed by atoms with Gasteiger partial charge in [-0.05, 0) is 55.2 Å². The number of nitrogens with zero attached hydrogens (tertiary/aromatic N) is 2. The minimum atomic E-state index is -0.225. The Morgan fingerprint density at radius 1 is 1.20 bits per heavy atom. The van der Waals surface area contributed by atoms with Crippen molar-refractivity contribution in [3.8, 4) is 5.75 Å². The summed E-state index contributed by atoms with van der Waals surface area (Å²) < 4.78 is 5.86. The van der Waals surface area contributed by atoms with Crippen LogP contribution in [0.15, 0.2) is 53.4 Å². The van der Waals surface area contributed by atoms with Gasteiger partial charge in [-0.25, -0.2) is 0 Å². The van der Waals surface area contributed by atoms with E-state index in [4.69, 9.17) is 17.0 Å². The van der Waals surface area contributed by atoms with Gasteiger partial charge in [-0.1, -0.05) is 54.3 Å². The lowest BCUT2D eigenvalue weighted by atomic mass is 10.0. The van der Waals surface area contributed by atoms with Crippen molar-refractivity contribution in [1.29, 1.82) is 0 Å². The summed E-state index contributed by atoms with van der Waals surface area (Å²) in [5, 5.41) is 0. The third-order valence-corrected chi connectivity index (χ3v) is 6.44. The number of rotatable bonds is 5. The molecule has 0 saturated carbocycles. The molecule has 2 heterocycles. The first kappa shape index (κ1) is 20.6. The Morgan fingerprint density at radius 2 is 1.97 bits per heavy atom. The molecule has 0 radical (unpaired) electrons. The van der Waals surface area contributed by atoms with E-state index in [9.17, 15) is 9.59 Å². The molecular formula is C23H22N2O3S2. The van der Waals surface area contributed by atoms with Crippen LogP contribution in [0.25, 0.3) is 6.08 Å². The molecule has 0 atom stereocenters. The summed E-state index contributed by atoms with van der Waals surface area (Å²) in [6.07, 6.45) is 3.68. The molecule has 0 unspecified atom stereocenters. The number of aryl methyl sites for hydroxylation is 1. The lowest BCUT2D eigenvalue weighted by Crippen LogP contribution is -2.44. The smallest absolute Gasteiger partial charge is 0.266 e. The zero-order valence-electron chi connectivity index (χ0n) is 16.7. The van der Waals surface area contributed by atoms with Gasteiger partial charge >= 0.3 is 0 Å². The first-order valence-corrected chi connectivity index (χ1v) is 11.2. The normalized spacial score (nSPS) is 17.4. The highest BCUT2D eigenvalue weighted by atomic mass is 32.2. The molecule has 7 heteroatoms. The third kappa shape index (κ3) is 4.27. The third-order valence-electron chi connectivity index (χ3n) is 5.07. The van der Waals surface area contributed by atoms with E-state index in [2.05, 4.69) is 0 Å². The van der Waals surface area contributed by atoms with E-state index in [0.717, 1.165) is 35.4 Å². The Balaban J connectivity index is 1.47. The largest absolute Gasteiger partial charge is 0.494 e. The number of amides is 2. The molecule has 1 saturated heterocycles. The molecule has 2 aromatic carbocycles. The number of carbonyl (C=O) groups is 2. The molecule has 0 aliphatic carbocycles. The number of fused-ring (bicyclic) bond motifs is 1. The van der Waals surface area contributed by atoms with Crippen molar-refractivity contribution in [2.24, 2.45) is 0 Å². The van der Waals surface area contributed by atoms with Gasteiger partial charge in [0.2, 0.25) is 5.91 Å². The van der Waals surface area contributed by atoms with Crippen LogP contribution in [0.5, 0.6) is 5.75 Å². The summed E-state index contributed by atoms with van der Waals surface area (Å²) in [4.78, 5) is 29.6. The molecule has 0 bridgehead atoms. The molecule has 1 fully saturated rings. The number of para-hydroxylation sites is 1. The maximum absolute atomic E-state index is 13.0. The van der Waals surface area contributed by atoms with Crippen LogP contribution < -0.4 is 9.64 Å². The highest BCUT2D eigenvalue weighted by Crippen LogP contribution is 2.33. The molecular weight excluding hydrogens is 416 g/mol. The van der Waals surface area contributed by atoms with Crippen LogP contribution in [0.3, 0.4) is 0 Å². The number of hydrogen-bond donors (Lipinski definition) is 0. The zero-order chi connectivity index (χ0) is 21.1. The Bertz CT molecular complexity index is 1020. The molecule has 2 aromatic rings. The second-order valence-electron chi connectivity index (χ2n) is 7.05. The van der Waals surface area contributed by atoms with Gasteiger partial charge in [0.15, 0.2) is 0 Å². The van der Waals surface area contributed by atoms with E-state index in [0.29, 0.717) is 22.4 Å². The minimum Gasteiger partial charge on any atom is -0.494 e. The molecule has 0 spiro atoms. The van der Waals surface area contributed by atoms with Crippen LogP contribution in [0.1, 0.15) is 24.5 Å². The van der Waals surface area contributed by atoms with E-state index in [-0.39, 0.29) is 18.4 Å². The summed E-state index contributed by atoms with van der Waals surface area (Å²) in [5.41, 5.74) is 2.98. The topological polar surface area (TPSA) is 49.9 Å². The highest BCUT2D eigenvalue weighted by Gasteiger charge is 2.35. The van der Waals surface area contributed by atoms with E-state index in [1.807, 2.05) is 55.5 Å². The average Bonchev–Trinajstić information content (AvgIpc) is 3.02. The van der Waals surface area contributed by atoms with Crippen molar-refractivity contribution in [2.75, 3.05) is 24.6 Å². The van der Waals surface area contributed by atoms with Gasteiger partial charge in [-0.2, -0.15) is 0 Å². The average molecular weight is 439 g/mol. The number of thioether (sulfide) groups is 1. The first-order valence-electron chi connectivity index (χ1n) is 9.93. The first-order chi connectivity index (χ1) is 14.6. The van der Waals surface area contributed by atoms with Gasteiger partial charge < -0.3 is 9.64 Å². The molecule has 0 N–H and O–H groups in total. The fourth-order valence-electron chi connectivity index (χ4n) is 3.63. The molecule has 30 heavy (non-hydrogen) atoms. The Labute approximate surface area is 185 Å². The van der Waals surface area contributed by atoms with Crippen molar-refractivity contribution < 1.29 is 14.3 Å². The second kappa shape index (κ2) is 9.02. The van der Waals surface area contributed by atoms with Gasteiger partial charge in [-0.15, -0.1) is 0 Å². The molecule has 2 aliphatic rings. The maximum Gasteiger partial charge on any atom is 0.266 e. The van der Waals surface area contributed by atoms with E-state index < -0.39 is 0 Å². The van der Waals surface area contributed by atoms with Gasteiger partial charge in [0.05, 0.1) is 11.5 Å². The summed E-state index contributed by atoms with van der Waals surface area (Å²) >= 11 is 6.63. The molecule has 2 aliphatic heterocycles. The molecule has 4 rings (SSSR count). The van der Waals surface area contributed by atoms with Crippen molar-refractivity contribution in [3.63, 3.8) is 0 Å². The van der Waals surface area contributed by atoms with Gasteiger partial charge in [-0.3, -0.25) is 14.5 Å². The van der Waals surface area contributed by atoms with Gasteiger partial charge in [0.1, 0.15) is 16.6 Å². The number of hydrogen-bond acceptors (Lipinski definition) is 5. The van der Waals surface area contributed by atoms with Gasteiger partial charge in [0, 0.05) is 12.2 Å². The standard InChI is InChI=1S/C23H22N2O3S2/c1-2-28-18-11-9-16(10-12-18)14-20-22(27)25(23(29)30-20)15-21(26)24-13-5-7-17-6-3-4-8-19(17)24/h3-4,6,8-12,14H,2,5,7,13,15H2,1H3. The predicted molar refractivity (Wildman–Crippen MR) is 125 cm³/mol. The molecule has 5 nitrogen and oxygen atoms in total. The van der Waals surface area contributed by atoms with Crippen LogP contribution in [-0.2, 0) is 16.0 Å². The molecule has 154 valence electrons. The molecule has 2 amide bonds. The number of thiocarbonyl (C=S) groups is 1. The van der Waals surface area contributed by atoms with Crippen molar-refractivity contribution in [2.45, 2.75) is 19.8 Å². The summed E-state index contributed by atoms with van der Waals surface area (Å²) in [5.74, 6) is 0.452. The number of benzene rings is 2. The predicted octanol–water partition coefficient (Wildman–Crippen LogP) is 4.27. The minimum absolute atomic E-state index is 0.0420. The fourth-order valence-corrected chi connectivity index (χ4v) is 4.88. The summed E-state index contributed by atoms with van der Waals surface area (Å²) in [7, 11) is 0. The second-order valence-corrected chi connectivity index (χ2v) is 8.72. The zero-order valence-corrected chi connectivity index (χ0v) is 18.3. The Hall–Kier alpha value is -2.64. The van der Waals surface area contributed by atoms with Crippen LogP contribution in [0, 0.1) is 0 Å². The number of carbonyl (C=O) groups excluding carboxylic acids is 2. The Morgan fingerprint density at radius 3 is 2.73 bits per heavy atom. The van der Waals surface area contributed by atoms with E-state index in [1.165, 1.54) is 16.7 Å². The van der Waals surface area contributed by atoms with E-state index >= 15 is 0 Å². The lowest BCUT2D eigenvalue weighted by molar-refractivity contribution is -0.127. The van der Waals surface area contributed by atoms with Crippen molar-refractivity contribution >= 4 is 51.9 Å². The van der Waals surface area contributed by atoms with Crippen LogP contribution in [-0.4, -0.2) is 40.7 Å². The van der Waals surface area contributed by atoms with Gasteiger partial charge in [0.25, 0.3) is 5.91 Å². The lowest BCUT2D eigenvalue weighted by Gasteiger charge is -2.30.